The van der Waals surface area contributed by atoms with Crippen LogP contribution < -0.4 is 0 Å². The minimum Gasteiger partial charge on any atom is -0.456 e. The standard InChI is InChI=1S/C9H12O4/c1-4-7(10)12-6-5-8(11)13-9(6,2)3/h4,6H,1,5H2,2-3H3. The smallest absolute Gasteiger partial charge is 0.330 e. The summed E-state index contributed by atoms with van der Waals surface area (Å²) in [5, 5.41) is 0. The van der Waals surface area contributed by atoms with Gasteiger partial charge >= 0.3 is 11.9 Å². The Labute approximate surface area is 76.5 Å². The Kier molecular flexibility index (Phi) is 2.40. The van der Waals surface area contributed by atoms with Crippen molar-refractivity contribution < 1.29 is 19.1 Å². The number of esters is 2. The number of cyclic esters (lactones) is 1. The number of hydrogen-bond acceptors (Lipinski definition) is 4. The molecule has 0 amide bonds. The van der Waals surface area contributed by atoms with Crippen molar-refractivity contribution in [3.63, 3.8) is 0 Å². The fraction of sp³-hybridized carbons (Fsp3) is 0.556. The third-order valence-electron chi connectivity index (χ3n) is 1.93. The van der Waals surface area contributed by atoms with Gasteiger partial charge in [0.1, 0.15) is 5.60 Å². The van der Waals surface area contributed by atoms with Gasteiger partial charge < -0.3 is 9.47 Å². The molecule has 0 aliphatic carbocycles. The van der Waals surface area contributed by atoms with E-state index in [1.807, 2.05) is 0 Å². The molecular weight excluding hydrogens is 172 g/mol. The summed E-state index contributed by atoms with van der Waals surface area (Å²) in [7, 11) is 0. The van der Waals surface area contributed by atoms with Crippen molar-refractivity contribution in [2.75, 3.05) is 0 Å². The fourth-order valence-corrected chi connectivity index (χ4v) is 1.17. The molecule has 1 fully saturated rings. The largest absolute Gasteiger partial charge is 0.456 e. The van der Waals surface area contributed by atoms with E-state index in [-0.39, 0.29) is 12.4 Å². The van der Waals surface area contributed by atoms with E-state index in [9.17, 15) is 9.59 Å². The Hall–Kier alpha value is -1.32. The summed E-state index contributed by atoms with van der Waals surface area (Å²) in [5.74, 6) is -0.872. The first kappa shape index (κ1) is 9.77. The molecule has 1 rings (SSSR count). The van der Waals surface area contributed by atoms with Gasteiger partial charge in [0, 0.05) is 6.08 Å². The van der Waals surface area contributed by atoms with Crippen molar-refractivity contribution in [3.05, 3.63) is 12.7 Å². The topological polar surface area (TPSA) is 52.6 Å². The van der Waals surface area contributed by atoms with Crippen molar-refractivity contribution >= 4 is 11.9 Å². The lowest BCUT2D eigenvalue weighted by Gasteiger charge is -2.23. The van der Waals surface area contributed by atoms with Gasteiger partial charge in [0.2, 0.25) is 0 Å². The Morgan fingerprint density at radius 3 is 2.77 bits per heavy atom. The molecule has 0 aromatic heterocycles. The molecule has 4 nitrogen and oxygen atoms in total. The second-order valence-electron chi connectivity index (χ2n) is 3.41. The van der Waals surface area contributed by atoms with Crippen molar-refractivity contribution in [1.29, 1.82) is 0 Å². The molecule has 1 aliphatic rings. The normalized spacial score (nSPS) is 25.1. The zero-order chi connectivity index (χ0) is 10.1. The van der Waals surface area contributed by atoms with E-state index in [4.69, 9.17) is 9.47 Å². The molecule has 1 saturated heterocycles. The molecule has 0 aromatic rings. The van der Waals surface area contributed by atoms with Crippen LogP contribution in [0.4, 0.5) is 0 Å². The number of carbonyl (C=O) groups is 2. The molecule has 0 saturated carbocycles. The van der Waals surface area contributed by atoms with E-state index in [1.165, 1.54) is 0 Å². The summed E-state index contributed by atoms with van der Waals surface area (Å²) < 4.78 is 9.90. The molecule has 13 heavy (non-hydrogen) atoms. The third-order valence-corrected chi connectivity index (χ3v) is 1.93. The second-order valence-corrected chi connectivity index (χ2v) is 3.41. The first-order valence-corrected chi connectivity index (χ1v) is 4.00. The van der Waals surface area contributed by atoms with Gasteiger partial charge in [-0.3, -0.25) is 4.79 Å². The lowest BCUT2D eigenvalue weighted by molar-refractivity contribution is -0.156. The molecule has 72 valence electrons. The van der Waals surface area contributed by atoms with Gasteiger partial charge in [-0.2, -0.15) is 0 Å². The average Bonchev–Trinajstić information content (AvgIpc) is 2.24. The van der Waals surface area contributed by atoms with Gasteiger partial charge in [-0.05, 0) is 13.8 Å². The monoisotopic (exact) mass is 184 g/mol. The third kappa shape index (κ3) is 2.08. The molecule has 1 aliphatic heterocycles. The maximum Gasteiger partial charge on any atom is 0.330 e. The molecule has 0 N–H and O–H groups in total. The maximum absolute atomic E-state index is 10.9. The van der Waals surface area contributed by atoms with Gasteiger partial charge in [0.15, 0.2) is 6.10 Å². The highest BCUT2D eigenvalue weighted by Crippen LogP contribution is 2.28. The summed E-state index contributed by atoms with van der Waals surface area (Å²) in [6.07, 6.45) is 0.677. The summed E-state index contributed by atoms with van der Waals surface area (Å²) in [4.78, 5) is 21.8. The highest BCUT2D eigenvalue weighted by atomic mass is 16.6. The fourth-order valence-electron chi connectivity index (χ4n) is 1.17. The van der Waals surface area contributed by atoms with E-state index in [1.54, 1.807) is 13.8 Å². The molecule has 1 atom stereocenters. The molecule has 0 radical (unpaired) electrons. The SMILES string of the molecule is C=CC(=O)OC1CC(=O)OC1(C)C. The second kappa shape index (κ2) is 3.20. The van der Waals surface area contributed by atoms with Crippen LogP contribution in [-0.2, 0) is 19.1 Å². The zero-order valence-corrected chi connectivity index (χ0v) is 7.70. The van der Waals surface area contributed by atoms with Crippen LogP contribution in [0.25, 0.3) is 0 Å². The van der Waals surface area contributed by atoms with E-state index in [0.717, 1.165) is 6.08 Å². The molecular formula is C9H12O4. The Balaban J connectivity index is 2.65. The Morgan fingerprint density at radius 1 is 1.77 bits per heavy atom. The number of ether oxygens (including phenoxy) is 2. The summed E-state index contributed by atoms with van der Waals surface area (Å²) in [5.41, 5.74) is -0.726. The summed E-state index contributed by atoms with van der Waals surface area (Å²) >= 11 is 0. The van der Waals surface area contributed by atoms with Gasteiger partial charge in [-0.1, -0.05) is 6.58 Å². The maximum atomic E-state index is 10.9. The lowest BCUT2D eigenvalue weighted by atomic mass is 10.0. The molecule has 0 aromatic carbocycles. The molecule has 0 spiro atoms. The minimum atomic E-state index is -0.726. The van der Waals surface area contributed by atoms with Crippen molar-refractivity contribution in [2.24, 2.45) is 0 Å². The minimum absolute atomic E-state index is 0.118. The van der Waals surface area contributed by atoms with E-state index in [0.29, 0.717) is 0 Å². The predicted molar refractivity (Wildman–Crippen MR) is 44.9 cm³/mol. The van der Waals surface area contributed by atoms with Crippen LogP contribution >= 0.6 is 0 Å². The van der Waals surface area contributed by atoms with Crippen molar-refractivity contribution in [2.45, 2.75) is 32.0 Å². The Bertz CT molecular complexity index is 254. The van der Waals surface area contributed by atoms with Crippen LogP contribution in [0.5, 0.6) is 0 Å². The highest BCUT2D eigenvalue weighted by molar-refractivity contribution is 5.82. The highest BCUT2D eigenvalue weighted by Gasteiger charge is 2.44. The number of carbonyl (C=O) groups excluding carboxylic acids is 2. The molecule has 1 heterocycles. The molecule has 1 unspecified atom stereocenters. The van der Waals surface area contributed by atoms with Crippen LogP contribution in [0, 0.1) is 0 Å². The van der Waals surface area contributed by atoms with Crippen LogP contribution in [0.15, 0.2) is 12.7 Å². The van der Waals surface area contributed by atoms with Crippen molar-refractivity contribution in [3.8, 4) is 0 Å². The van der Waals surface area contributed by atoms with Gasteiger partial charge in [0.05, 0.1) is 6.42 Å². The van der Waals surface area contributed by atoms with E-state index < -0.39 is 17.7 Å². The average molecular weight is 184 g/mol. The summed E-state index contributed by atoms with van der Waals surface area (Å²) in [6.45, 7) is 6.68. The lowest BCUT2D eigenvalue weighted by Crippen LogP contribution is -2.35. The number of rotatable bonds is 2. The van der Waals surface area contributed by atoms with Crippen molar-refractivity contribution in [1.82, 2.24) is 0 Å². The van der Waals surface area contributed by atoms with Crippen LogP contribution in [0.3, 0.4) is 0 Å². The first-order chi connectivity index (χ1) is 5.95. The zero-order valence-electron chi connectivity index (χ0n) is 7.70. The number of hydrogen-bond donors (Lipinski definition) is 0. The van der Waals surface area contributed by atoms with Crippen LogP contribution in [0.2, 0.25) is 0 Å². The first-order valence-electron chi connectivity index (χ1n) is 4.00. The van der Waals surface area contributed by atoms with E-state index >= 15 is 0 Å². The Morgan fingerprint density at radius 2 is 2.38 bits per heavy atom. The van der Waals surface area contributed by atoms with Crippen LogP contribution in [-0.4, -0.2) is 23.6 Å². The van der Waals surface area contributed by atoms with Gasteiger partial charge in [-0.15, -0.1) is 0 Å². The molecule has 4 heteroatoms. The summed E-state index contributed by atoms with van der Waals surface area (Å²) in [6, 6.07) is 0. The van der Waals surface area contributed by atoms with Gasteiger partial charge in [0.25, 0.3) is 0 Å². The van der Waals surface area contributed by atoms with Crippen LogP contribution in [0.1, 0.15) is 20.3 Å². The molecule has 0 bridgehead atoms. The van der Waals surface area contributed by atoms with E-state index in [2.05, 4.69) is 6.58 Å². The predicted octanol–water partition coefficient (Wildman–Crippen LogP) is 0.810. The quantitative estimate of drug-likeness (QED) is 0.470. The van der Waals surface area contributed by atoms with Gasteiger partial charge in [-0.25, -0.2) is 4.79 Å².